The van der Waals surface area contributed by atoms with E-state index in [4.69, 9.17) is 11.5 Å². The van der Waals surface area contributed by atoms with E-state index in [0.717, 1.165) is 5.01 Å². The molecule has 1 aromatic carbocycles. The maximum Gasteiger partial charge on any atom is 0.249 e. The molecular formula is C10H9N3OS. The minimum absolute atomic E-state index is 0.444. The highest BCUT2D eigenvalue weighted by molar-refractivity contribution is 7.13. The zero-order valence-electron chi connectivity index (χ0n) is 7.81. The summed E-state index contributed by atoms with van der Waals surface area (Å²) < 4.78 is 0. The second kappa shape index (κ2) is 3.70. The largest absolute Gasteiger partial charge is 0.399 e. The van der Waals surface area contributed by atoms with E-state index in [1.165, 1.54) is 11.3 Å². The van der Waals surface area contributed by atoms with Gasteiger partial charge in [-0.25, -0.2) is 4.98 Å². The van der Waals surface area contributed by atoms with Crippen LogP contribution in [0.4, 0.5) is 5.69 Å². The summed E-state index contributed by atoms with van der Waals surface area (Å²) in [4.78, 5) is 15.3. The fourth-order valence-corrected chi connectivity index (χ4v) is 1.98. The Labute approximate surface area is 90.6 Å². The van der Waals surface area contributed by atoms with Gasteiger partial charge in [0.15, 0.2) is 0 Å². The van der Waals surface area contributed by atoms with Crippen LogP contribution in [0.2, 0.25) is 0 Å². The first-order chi connectivity index (χ1) is 7.18. The van der Waals surface area contributed by atoms with E-state index >= 15 is 0 Å². The van der Waals surface area contributed by atoms with Crippen molar-refractivity contribution in [3.05, 3.63) is 35.3 Å². The summed E-state index contributed by atoms with van der Waals surface area (Å²) in [7, 11) is 0. The van der Waals surface area contributed by atoms with Crippen molar-refractivity contribution >= 4 is 22.9 Å². The summed E-state index contributed by atoms with van der Waals surface area (Å²) in [6.45, 7) is 0. The first-order valence-corrected chi connectivity index (χ1v) is 5.15. The number of amides is 1. The number of carbonyl (C=O) groups is 1. The molecule has 1 heterocycles. The summed E-state index contributed by atoms with van der Waals surface area (Å²) in [6.07, 6.45) is 1.67. The van der Waals surface area contributed by atoms with Gasteiger partial charge in [-0.1, -0.05) is 0 Å². The van der Waals surface area contributed by atoms with Crippen LogP contribution >= 0.6 is 11.3 Å². The van der Waals surface area contributed by atoms with Gasteiger partial charge in [-0.2, -0.15) is 0 Å². The quantitative estimate of drug-likeness (QED) is 0.751. The number of nitrogens with zero attached hydrogens (tertiary/aromatic N) is 1. The molecule has 0 atom stereocenters. The number of thiazole rings is 1. The molecule has 76 valence electrons. The second-order valence-corrected chi connectivity index (χ2v) is 3.90. The summed E-state index contributed by atoms with van der Waals surface area (Å²) in [5.74, 6) is -0.472. The predicted octanol–water partition coefficient (Wildman–Crippen LogP) is 1.49. The lowest BCUT2D eigenvalue weighted by Gasteiger charge is -2.04. The van der Waals surface area contributed by atoms with Crippen molar-refractivity contribution in [3.63, 3.8) is 0 Å². The lowest BCUT2D eigenvalue weighted by atomic mass is 10.1. The van der Waals surface area contributed by atoms with Crippen molar-refractivity contribution in [1.82, 2.24) is 4.98 Å². The zero-order valence-corrected chi connectivity index (χ0v) is 8.62. The van der Waals surface area contributed by atoms with E-state index < -0.39 is 5.91 Å². The van der Waals surface area contributed by atoms with Gasteiger partial charge in [0.25, 0.3) is 0 Å². The van der Waals surface area contributed by atoms with Crippen molar-refractivity contribution < 1.29 is 4.79 Å². The minimum atomic E-state index is -0.472. The second-order valence-electron chi connectivity index (χ2n) is 3.01. The number of carbonyl (C=O) groups excluding carboxylic acids is 1. The van der Waals surface area contributed by atoms with Crippen LogP contribution in [0, 0.1) is 0 Å². The molecule has 0 aliphatic heterocycles. The molecule has 0 unspecified atom stereocenters. The molecule has 1 amide bonds. The van der Waals surface area contributed by atoms with Crippen molar-refractivity contribution in [3.8, 4) is 10.6 Å². The van der Waals surface area contributed by atoms with E-state index in [-0.39, 0.29) is 0 Å². The summed E-state index contributed by atoms with van der Waals surface area (Å²) in [6, 6.07) is 4.98. The van der Waals surface area contributed by atoms with Crippen LogP contribution in [-0.2, 0) is 0 Å². The topological polar surface area (TPSA) is 82.0 Å². The fraction of sp³-hybridized carbons (Fsp3) is 0. The molecule has 15 heavy (non-hydrogen) atoms. The van der Waals surface area contributed by atoms with Crippen molar-refractivity contribution in [2.24, 2.45) is 5.73 Å². The molecule has 0 aliphatic carbocycles. The number of nitrogen functional groups attached to an aromatic ring is 1. The molecule has 4 nitrogen and oxygen atoms in total. The van der Waals surface area contributed by atoms with Crippen molar-refractivity contribution in [2.45, 2.75) is 0 Å². The van der Waals surface area contributed by atoms with Crippen LogP contribution in [-0.4, -0.2) is 10.9 Å². The van der Waals surface area contributed by atoms with E-state index in [1.54, 1.807) is 24.4 Å². The molecule has 4 N–H and O–H groups in total. The third-order valence-corrected chi connectivity index (χ3v) is 2.78. The number of hydrogen-bond donors (Lipinski definition) is 2. The van der Waals surface area contributed by atoms with E-state index in [1.807, 2.05) is 5.38 Å². The summed E-state index contributed by atoms with van der Waals surface area (Å²) in [5, 5.41) is 2.58. The highest BCUT2D eigenvalue weighted by Gasteiger charge is 2.11. The minimum Gasteiger partial charge on any atom is -0.399 e. The lowest BCUT2D eigenvalue weighted by Crippen LogP contribution is -2.12. The molecule has 0 radical (unpaired) electrons. The first-order valence-electron chi connectivity index (χ1n) is 4.27. The Hall–Kier alpha value is -1.88. The molecule has 0 aliphatic rings. The molecule has 0 fully saturated rings. The molecular weight excluding hydrogens is 210 g/mol. The Bertz CT molecular complexity index is 493. The number of aromatic nitrogens is 1. The van der Waals surface area contributed by atoms with Gasteiger partial charge >= 0.3 is 0 Å². The number of hydrogen-bond acceptors (Lipinski definition) is 4. The molecule has 2 aromatic rings. The van der Waals surface area contributed by atoms with Gasteiger partial charge in [0.2, 0.25) is 5.91 Å². The van der Waals surface area contributed by atoms with Gasteiger partial charge in [0.1, 0.15) is 5.01 Å². The number of primary amides is 1. The molecule has 5 heteroatoms. The van der Waals surface area contributed by atoms with Gasteiger partial charge in [-0.05, 0) is 18.2 Å². The van der Waals surface area contributed by atoms with Gasteiger partial charge in [0, 0.05) is 28.4 Å². The predicted molar refractivity (Wildman–Crippen MR) is 60.5 cm³/mol. The number of nitrogens with two attached hydrogens (primary N) is 2. The van der Waals surface area contributed by atoms with E-state index in [2.05, 4.69) is 4.98 Å². The van der Waals surface area contributed by atoms with Crippen LogP contribution in [0.15, 0.2) is 29.8 Å². The summed E-state index contributed by atoms with van der Waals surface area (Å²) in [5.41, 5.74) is 12.7. The van der Waals surface area contributed by atoms with Gasteiger partial charge in [0.05, 0.1) is 0 Å². The van der Waals surface area contributed by atoms with Gasteiger partial charge in [-0.15, -0.1) is 11.3 Å². The smallest absolute Gasteiger partial charge is 0.249 e. The zero-order chi connectivity index (χ0) is 10.8. The maximum atomic E-state index is 11.2. The van der Waals surface area contributed by atoms with E-state index in [0.29, 0.717) is 16.8 Å². The van der Waals surface area contributed by atoms with Gasteiger partial charge < -0.3 is 11.5 Å². The third-order valence-electron chi connectivity index (χ3n) is 1.97. The van der Waals surface area contributed by atoms with Crippen LogP contribution in [0.25, 0.3) is 10.6 Å². The van der Waals surface area contributed by atoms with E-state index in [9.17, 15) is 4.79 Å². The Morgan fingerprint density at radius 1 is 1.40 bits per heavy atom. The Morgan fingerprint density at radius 2 is 2.20 bits per heavy atom. The molecule has 0 spiro atoms. The monoisotopic (exact) mass is 219 g/mol. The molecule has 0 saturated heterocycles. The average molecular weight is 219 g/mol. The van der Waals surface area contributed by atoms with Crippen LogP contribution < -0.4 is 11.5 Å². The average Bonchev–Trinajstić information content (AvgIpc) is 2.69. The SMILES string of the molecule is NC(=O)c1ccc(N)cc1-c1nccs1. The Morgan fingerprint density at radius 3 is 2.80 bits per heavy atom. The highest BCUT2D eigenvalue weighted by atomic mass is 32.1. The van der Waals surface area contributed by atoms with Crippen LogP contribution in [0.5, 0.6) is 0 Å². The van der Waals surface area contributed by atoms with Crippen molar-refractivity contribution in [2.75, 3.05) is 5.73 Å². The lowest BCUT2D eigenvalue weighted by molar-refractivity contribution is 0.100. The fourth-order valence-electron chi connectivity index (χ4n) is 1.31. The molecule has 0 bridgehead atoms. The highest BCUT2D eigenvalue weighted by Crippen LogP contribution is 2.27. The standard InChI is InChI=1S/C10H9N3OS/c11-6-1-2-7(9(12)14)8(5-6)10-13-3-4-15-10/h1-5H,11H2,(H2,12,14). The Balaban J connectivity index is 2.63. The van der Waals surface area contributed by atoms with Gasteiger partial charge in [-0.3, -0.25) is 4.79 Å². The maximum absolute atomic E-state index is 11.2. The summed E-state index contributed by atoms with van der Waals surface area (Å²) >= 11 is 1.44. The normalized spacial score (nSPS) is 10.1. The van der Waals surface area contributed by atoms with Crippen molar-refractivity contribution in [1.29, 1.82) is 0 Å². The molecule has 0 saturated carbocycles. The number of anilines is 1. The Kier molecular flexibility index (Phi) is 2.39. The van der Waals surface area contributed by atoms with Crippen LogP contribution in [0.1, 0.15) is 10.4 Å². The number of benzene rings is 1. The first kappa shape index (κ1) is 9.67. The number of rotatable bonds is 2. The van der Waals surface area contributed by atoms with Crippen LogP contribution in [0.3, 0.4) is 0 Å². The molecule has 1 aromatic heterocycles. The third kappa shape index (κ3) is 1.82. The molecule has 2 rings (SSSR count).